The van der Waals surface area contributed by atoms with Crippen molar-refractivity contribution in [2.75, 3.05) is 14.2 Å². The first kappa shape index (κ1) is 14.5. The molecule has 0 N–H and O–H groups in total. The first-order chi connectivity index (χ1) is 9.56. The molecule has 0 saturated carbocycles. The Balaban J connectivity index is 2.56. The molecule has 0 heterocycles. The highest BCUT2D eigenvalue weighted by molar-refractivity contribution is 7.62. The molecule has 0 aromatic heterocycles. The lowest BCUT2D eigenvalue weighted by molar-refractivity contribution is 0.417. The predicted octanol–water partition coefficient (Wildman–Crippen LogP) is 3.10. The summed E-state index contributed by atoms with van der Waals surface area (Å²) in [6.45, 7) is 3.94. The Morgan fingerprint density at radius 3 is 1.55 bits per heavy atom. The van der Waals surface area contributed by atoms with E-state index in [1.54, 1.807) is 14.2 Å². The predicted molar refractivity (Wildman–Crippen MR) is 82.3 cm³/mol. The maximum Gasteiger partial charge on any atom is 0.423 e. The lowest BCUT2D eigenvalue weighted by Crippen LogP contribution is -2.12. The van der Waals surface area contributed by atoms with Gasteiger partial charge in [0.2, 0.25) is 10.6 Å². The van der Waals surface area contributed by atoms with Crippen molar-refractivity contribution in [3.05, 3.63) is 47.5 Å². The van der Waals surface area contributed by atoms with Crippen LogP contribution in [-0.4, -0.2) is 14.2 Å². The molecule has 0 spiro atoms. The number of hydrogen-bond donors (Lipinski definition) is 0. The summed E-state index contributed by atoms with van der Waals surface area (Å²) in [7, 11) is 1.42. The van der Waals surface area contributed by atoms with Crippen molar-refractivity contribution < 1.29 is 14.0 Å². The molecule has 0 bridgehead atoms. The Morgan fingerprint density at radius 2 is 1.20 bits per heavy atom. The van der Waals surface area contributed by atoms with Gasteiger partial charge < -0.3 is 9.47 Å². The van der Waals surface area contributed by atoms with Crippen LogP contribution in [-0.2, 0) is 4.57 Å². The minimum Gasteiger partial charge on any atom is -0.492 e. The van der Waals surface area contributed by atoms with Crippen LogP contribution in [0.15, 0.2) is 36.4 Å². The van der Waals surface area contributed by atoms with Crippen LogP contribution >= 0.6 is 7.80 Å². The van der Waals surface area contributed by atoms with Gasteiger partial charge in [0.15, 0.2) is 11.5 Å². The highest BCUT2D eigenvalue weighted by Gasteiger charge is 2.31. The Labute approximate surface area is 120 Å². The summed E-state index contributed by atoms with van der Waals surface area (Å²) in [5, 5.41) is 1.40. The molecule has 0 saturated heterocycles. The molecular formula is C16H18O3P+. The number of benzene rings is 2. The quantitative estimate of drug-likeness (QED) is 0.811. The molecule has 4 heteroatoms. The van der Waals surface area contributed by atoms with Gasteiger partial charge in [0, 0.05) is 0 Å². The summed E-state index contributed by atoms with van der Waals surface area (Å²) in [6, 6.07) is 11.4. The number of ether oxygens (including phenoxy) is 2. The topological polar surface area (TPSA) is 35.5 Å². The first-order valence-electron chi connectivity index (χ1n) is 6.33. The first-order valence-corrected chi connectivity index (χ1v) is 7.59. The van der Waals surface area contributed by atoms with E-state index in [1.165, 1.54) is 0 Å². The van der Waals surface area contributed by atoms with Crippen molar-refractivity contribution in [1.29, 1.82) is 0 Å². The Hall–Kier alpha value is -1.86. The van der Waals surface area contributed by atoms with Crippen molar-refractivity contribution in [1.82, 2.24) is 0 Å². The number of rotatable bonds is 4. The second kappa shape index (κ2) is 6.06. The average molecular weight is 289 g/mol. The molecule has 0 aliphatic heterocycles. The summed E-state index contributed by atoms with van der Waals surface area (Å²) >= 11 is 0. The number of methoxy groups -OCH3 is 2. The molecular weight excluding hydrogens is 271 g/mol. The van der Waals surface area contributed by atoms with Crippen LogP contribution in [0, 0.1) is 13.8 Å². The van der Waals surface area contributed by atoms with E-state index in [0.717, 1.165) is 11.1 Å². The lowest BCUT2D eigenvalue weighted by Gasteiger charge is -2.04. The fourth-order valence-electron chi connectivity index (χ4n) is 2.05. The fourth-order valence-corrected chi connectivity index (χ4v) is 3.68. The van der Waals surface area contributed by atoms with Gasteiger partial charge >= 0.3 is 7.80 Å². The molecule has 0 radical (unpaired) electrons. The molecule has 0 aliphatic carbocycles. The third-order valence-electron chi connectivity index (χ3n) is 3.11. The van der Waals surface area contributed by atoms with Crippen molar-refractivity contribution in [3.63, 3.8) is 0 Å². The molecule has 0 fully saturated rings. The second-order valence-electron chi connectivity index (χ2n) is 4.64. The van der Waals surface area contributed by atoms with E-state index < -0.39 is 7.80 Å². The van der Waals surface area contributed by atoms with Gasteiger partial charge in [-0.25, -0.2) is 0 Å². The van der Waals surface area contributed by atoms with Gasteiger partial charge in [-0.3, -0.25) is 0 Å². The third-order valence-corrected chi connectivity index (χ3v) is 4.68. The van der Waals surface area contributed by atoms with E-state index in [9.17, 15) is 4.57 Å². The minimum atomic E-state index is -1.76. The molecule has 0 unspecified atom stereocenters. The van der Waals surface area contributed by atoms with Gasteiger partial charge in [-0.1, -0.05) is 16.7 Å². The number of aryl methyl sites for hydroxylation is 2. The van der Waals surface area contributed by atoms with Crippen LogP contribution < -0.4 is 20.1 Å². The summed E-state index contributed by atoms with van der Waals surface area (Å²) < 4.78 is 23.5. The van der Waals surface area contributed by atoms with Crippen molar-refractivity contribution in [2.24, 2.45) is 0 Å². The Morgan fingerprint density at radius 1 is 0.800 bits per heavy atom. The molecule has 2 rings (SSSR count). The van der Waals surface area contributed by atoms with Gasteiger partial charge in [-0.2, -0.15) is 0 Å². The highest BCUT2D eigenvalue weighted by atomic mass is 31.1. The molecule has 0 aliphatic rings. The van der Waals surface area contributed by atoms with Crippen LogP contribution in [0.1, 0.15) is 11.1 Å². The van der Waals surface area contributed by atoms with Crippen molar-refractivity contribution in [2.45, 2.75) is 13.8 Å². The van der Waals surface area contributed by atoms with Crippen molar-refractivity contribution >= 4 is 18.4 Å². The zero-order chi connectivity index (χ0) is 14.7. The summed E-state index contributed by atoms with van der Waals surface area (Å²) in [6.07, 6.45) is 0. The maximum absolute atomic E-state index is 12.9. The Bertz CT molecular complexity index is 595. The third kappa shape index (κ3) is 2.83. The molecule has 0 amide bonds. The van der Waals surface area contributed by atoms with E-state index in [2.05, 4.69) is 0 Å². The fraction of sp³-hybridized carbons (Fsp3) is 0.250. The standard InChI is InChI=1S/C16H18O3P/c1-11-5-7-13(18-3)15(9-11)20(17)16-10-12(2)6-8-14(16)19-4/h5-10H,1-4H3/q+1. The average Bonchev–Trinajstić information content (AvgIpc) is 2.46. The van der Waals surface area contributed by atoms with E-state index >= 15 is 0 Å². The van der Waals surface area contributed by atoms with E-state index in [-0.39, 0.29) is 0 Å². The molecule has 2 aromatic carbocycles. The van der Waals surface area contributed by atoms with E-state index in [0.29, 0.717) is 22.1 Å². The lowest BCUT2D eigenvalue weighted by atomic mass is 10.2. The van der Waals surface area contributed by atoms with Gasteiger partial charge in [-0.15, -0.1) is 0 Å². The Kier molecular flexibility index (Phi) is 4.41. The summed E-state index contributed by atoms with van der Waals surface area (Å²) in [5.74, 6) is 1.28. The summed E-state index contributed by atoms with van der Waals surface area (Å²) in [5.41, 5.74) is 2.10. The molecule has 0 atom stereocenters. The molecule has 2 aromatic rings. The van der Waals surface area contributed by atoms with Crippen LogP contribution in [0.5, 0.6) is 11.5 Å². The van der Waals surface area contributed by atoms with E-state index in [1.807, 2.05) is 50.2 Å². The summed E-state index contributed by atoms with van der Waals surface area (Å²) in [4.78, 5) is 0. The van der Waals surface area contributed by atoms with Gasteiger partial charge in [0.1, 0.15) is 0 Å². The SMILES string of the molecule is COc1ccc(C)cc1[P+](=O)c1cc(C)ccc1OC. The molecule has 3 nitrogen and oxygen atoms in total. The monoisotopic (exact) mass is 289 g/mol. The van der Waals surface area contributed by atoms with Gasteiger partial charge in [0.25, 0.3) is 0 Å². The maximum atomic E-state index is 12.9. The smallest absolute Gasteiger partial charge is 0.423 e. The highest BCUT2D eigenvalue weighted by Crippen LogP contribution is 2.30. The van der Waals surface area contributed by atoms with Gasteiger partial charge in [-0.05, 0) is 49.2 Å². The van der Waals surface area contributed by atoms with Crippen LogP contribution in [0.3, 0.4) is 0 Å². The minimum absolute atomic E-state index is 0.639. The van der Waals surface area contributed by atoms with Crippen LogP contribution in [0.25, 0.3) is 0 Å². The number of hydrogen-bond acceptors (Lipinski definition) is 3. The molecule has 20 heavy (non-hydrogen) atoms. The zero-order valence-electron chi connectivity index (χ0n) is 12.1. The second-order valence-corrected chi connectivity index (χ2v) is 6.20. The molecule has 104 valence electrons. The van der Waals surface area contributed by atoms with Crippen LogP contribution in [0.2, 0.25) is 0 Å². The van der Waals surface area contributed by atoms with Crippen LogP contribution in [0.4, 0.5) is 0 Å². The largest absolute Gasteiger partial charge is 0.492 e. The zero-order valence-corrected chi connectivity index (χ0v) is 13.0. The van der Waals surface area contributed by atoms with Crippen molar-refractivity contribution in [3.8, 4) is 11.5 Å². The van der Waals surface area contributed by atoms with E-state index in [4.69, 9.17) is 9.47 Å². The normalized spacial score (nSPS) is 10.2. The van der Waals surface area contributed by atoms with Gasteiger partial charge in [0.05, 0.1) is 14.2 Å².